The van der Waals surface area contributed by atoms with Crippen LogP contribution in [0.15, 0.2) is 54.7 Å². The smallest absolute Gasteiger partial charge is 0.322 e. The minimum Gasteiger partial charge on any atom is -0.508 e. The summed E-state index contributed by atoms with van der Waals surface area (Å²) in [5.74, 6) is -3.28. The highest BCUT2D eigenvalue weighted by Gasteiger charge is 2.30. The molecular weight excluding hydrogens is 490 g/mol. The van der Waals surface area contributed by atoms with Crippen LogP contribution in [0.3, 0.4) is 0 Å². The highest BCUT2D eigenvalue weighted by Crippen LogP contribution is 2.19. The van der Waals surface area contributed by atoms with Gasteiger partial charge in [-0.1, -0.05) is 44.2 Å². The van der Waals surface area contributed by atoms with E-state index in [9.17, 15) is 24.3 Å². The van der Waals surface area contributed by atoms with Crippen LogP contribution in [0.25, 0.3) is 10.9 Å². The second-order valence-corrected chi connectivity index (χ2v) is 9.44. The molecule has 0 saturated carbocycles. The van der Waals surface area contributed by atoms with E-state index in [1.807, 2.05) is 24.3 Å². The second kappa shape index (κ2) is 12.7. The Morgan fingerprint density at radius 2 is 1.61 bits per heavy atom. The van der Waals surface area contributed by atoms with Crippen molar-refractivity contribution in [3.63, 3.8) is 0 Å². The van der Waals surface area contributed by atoms with Gasteiger partial charge < -0.3 is 36.9 Å². The first-order valence-corrected chi connectivity index (χ1v) is 12.2. The van der Waals surface area contributed by atoms with Crippen LogP contribution in [0, 0.1) is 5.92 Å². The average Bonchev–Trinajstić information content (AvgIpc) is 3.29. The molecule has 3 unspecified atom stereocenters. The van der Waals surface area contributed by atoms with Crippen molar-refractivity contribution in [1.29, 1.82) is 0 Å². The number of carbonyl (C=O) groups excluding carboxylic acids is 3. The molecule has 0 aliphatic carbocycles. The van der Waals surface area contributed by atoms with Gasteiger partial charge in [0.15, 0.2) is 0 Å². The predicted molar refractivity (Wildman–Crippen MR) is 141 cm³/mol. The quantitative estimate of drug-likeness (QED) is 0.183. The molecule has 0 aliphatic heterocycles. The summed E-state index contributed by atoms with van der Waals surface area (Å²) < 4.78 is 0. The number of H-pyrrole nitrogens is 1. The summed E-state index contributed by atoms with van der Waals surface area (Å²) in [6, 6.07) is 10.8. The molecular formula is C27H33N5O6. The number of hydrogen-bond donors (Lipinski definition) is 7. The number of phenolic OH excluding ortho intramolecular Hbond substituents is 1. The van der Waals surface area contributed by atoms with Crippen LogP contribution >= 0.6 is 0 Å². The third kappa shape index (κ3) is 7.56. The van der Waals surface area contributed by atoms with E-state index in [0.717, 1.165) is 22.0 Å². The normalized spacial score (nSPS) is 13.5. The van der Waals surface area contributed by atoms with Gasteiger partial charge in [0.05, 0.1) is 6.04 Å². The Balaban J connectivity index is 1.80. The number of aliphatic carboxylic acids is 1. The monoisotopic (exact) mass is 523 g/mol. The Morgan fingerprint density at radius 3 is 2.26 bits per heavy atom. The van der Waals surface area contributed by atoms with Crippen molar-refractivity contribution >= 4 is 34.6 Å². The minimum absolute atomic E-state index is 0.0920. The largest absolute Gasteiger partial charge is 0.508 e. The van der Waals surface area contributed by atoms with Gasteiger partial charge in [0.25, 0.3) is 0 Å². The molecule has 202 valence electrons. The molecule has 0 spiro atoms. The highest BCUT2D eigenvalue weighted by atomic mass is 16.4. The van der Waals surface area contributed by atoms with Gasteiger partial charge in [-0.05, 0) is 41.7 Å². The number of fused-ring (bicyclic) bond motifs is 1. The summed E-state index contributed by atoms with van der Waals surface area (Å²) in [5, 5.41) is 26.9. The van der Waals surface area contributed by atoms with Crippen LogP contribution in [0.4, 0.5) is 0 Å². The van der Waals surface area contributed by atoms with Crippen molar-refractivity contribution in [2.45, 2.75) is 44.8 Å². The van der Waals surface area contributed by atoms with Gasteiger partial charge in [0.2, 0.25) is 17.7 Å². The van der Waals surface area contributed by atoms with Gasteiger partial charge in [-0.25, -0.2) is 0 Å². The van der Waals surface area contributed by atoms with E-state index in [1.165, 1.54) is 12.1 Å². The van der Waals surface area contributed by atoms with Crippen molar-refractivity contribution in [3.05, 3.63) is 65.9 Å². The van der Waals surface area contributed by atoms with Gasteiger partial charge >= 0.3 is 5.97 Å². The zero-order valence-electron chi connectivity index (χ0n) is 21.2. The molecule has 8 N–H and O–H groups in total. The standard InChI is InChI=1S/C27H33N5O6/c1-15(2)24(27(38)30-14-23(34)35)32-26(37)22(12-17-13-29-21-6-4-3-5-19(17)21)31-25(36)20(28)11-16-7-9-18(33)10-8-16/h3-10,13,15,20,22,24,29,33H,11-12,14,28H2,1-2H3,(H,30,38)(H,31,36)(H,32,37)(H,34,35). The molecule has 2 aromatic carbocycles. The van der Waals surface area contributed by atoms with Crippen LogP contribution in [0.1, 0.15) is 25.0 Å². The summed E-state index contributed by atoms with van der Waals surface area (Å²) in [4.78, 5) is 53.0. The average molecular weight is 524 g/mol. The van der Waals surface area contributed by atoms with E-state index in [-0.39, 0.29) is 24.5 Å². The number of phenols is 1. The summed E-state index contributed by atoms with van der Waals surface area (Å²) >= 11 is 0. The summed E-state index contributed by atoms with van der Waals surface area (Å²) in [6.45, 7) is 2.85. The molecule has 0 fully saturated rings. The van der Waals surface area contributed by atoms with Crippen LogP contribution < -0.4 is 21.7 Å². The fourth-order valence-corrected chi connectivity index (χ4v) is 4.05. The van der Waals surface area contributed by atoms with Crippen LogP contribution in [0.5, 0.6) is 5.75 Å². The highest BCUT2D eigenvalue weighted by molar-refractivity contribution is 5.94. The lowest BCUT2D eigenvalue weighted by molar-refractivity contribution is -0.139. The van der Waals surface area contributed by atoms with Gasteiger partial charge in [-0.2, -0.15) is 0 Å². The first-order chi connectivity index (χ1) is 18.0. The van der Waals surface area contributed by atoms with E-state index in [0.29, 0.717) is 0 Å². The minimum atomic E-state index is -1.21. The number of amides is 3. The molecule has 0 saturated heterocycles. The molecule has 1 aromatic heterocycles. The number of nitrogens with one attached hydrogen (secondary N) is 4. The molecule has 1 heterocycles. The third-order valence-electron chi connectivity index (χ3n) is 6.12. The lowest BCUT2D eigenvalue weighted by Crippen LogP contribution is -2.58. The number of aromatic hydroxyl groups is 1. The molecule has 3 rings (SSSR count). The predicted octanol–water partition coefficient (Wildman–Crippen LogP) is 0.812. The van der Waals surface area contributed by atoms with Gasteiger partial charge in [-0.15, -0.1) is 0 Å². The van der Waals surface area contributed by atoms with Gasteiger partial charge in [0, 0.05) is 23.5 Å². The molecule has 0 aliphatic rings. The maximum atomic E-state index is 13.4. The lowest BCUT2D eigenvalue weighted by atomic mass is 10.00. The molecule has 0 radical (unpaired) electrons. The van der Waals surface area contributed by atoms with E-state index in [2.05, 4.69) is 20.9 Å². The van der Waals surface area contributed by atoms with Gasteiger partial charge in [0.1, 0.15) is 24.4 Å². The first-order valence-electron chi connectivity index (χ1n) is 12.2. The summed E-state index contributed by atoms with van der Waals surface area (Å²) in [5.41, 5.74) is 8.52. The van der Waals surface area contributed by atoms with Crippen molar-refractivity contribution in [1.82, 2.24) is 20.9 Å². The van der Waals surface area contributed by atoms with Crippen molar-refractivity contribution in [2.75, 3.05) is 6.54 Å². The SMILES string of the molecule is CC(C)C(NC(=O)C(Cc1c[nH]c2ccccc12)NC(=O)C(N)Cc1ccc(O)cc1)C(=O)NCC(=O)O. The van der Waals surface area contributed by atoms with Crippen molar-refractivity contribution in [2.24, 2.45) is 11.7 Å². The Bertz CT molecular complexity index is 1290. The van der Waals surface area contributed by atoms with Crippen molar-refractivity contribution < 1.29 is 29.4 Å². The van der Waals surface area contributed by atoms with Crippen LogP contribution in [0.2, 0.25) is 0 Å². The Labute approximate surface area is 219 Å². The van der Waals surface area contributed by atoms with Gasteiger partial charge in [-0.3, -0.25) is 19.2 Å². The molecule has 3 amide bonds. The number of rotatable bonds is 12. The zero-order valence-corrected chi connectivity index (χ0v) is 21.2. The molecule has 11 heteroatoms. The number of benzene rings is 2. The number of carbonyl (C=O) groups is 4. The van der Waals surface area contributed by atoms with E-state index in [1.54, 1.807) is 32.2 Å². The number of carboxylic acids is 1. The molecule has 3 atom stereocenters. The fourth-order valence-electron chi connectivity index (χ4n) is 4.05. The number of aromatic nitrogens is 1. The van der Waals surface area contributed by atoms with Crippen molar-refractivity contribution in [3.8, 4) is 5.75 Å². The van der Waals surface area contributed by atoms with E-state index >= 15 is 0 Å². The van der Waals surface area contributed by atoms with Crippen LogP contribution in [-0.4, -0.2) is 63.6 Å². The zero-order chi connectivity index (χ0) is 27.8. The summed E-state index contributed by atoms with van der Waals surface area (Å²) in [6.07, 6.45) is 2.06. The van der Waals surface area contributed by atoms with Crippen LogP contribution in [-0.2, 0) is 32.0 Å². The maximum Gasteiger partial charge on any atom is 0.322 e. The van der Waals surface area contributed by atoms with E-state index < -0.39 is 48.4 Å². The first kappa shape index (κ1) is 28.2. The third-order valence-corrected chi connectivity index (χ3v) is 6.12. The Morgan fingerprint density at radius 1 is 0.921 bits per heavy atom. The lowest BCUT2D eigenvalue weighted by Gasteiger charge is -2.26. The number of aromatic amines is 1. The molecule has 38 heavy (non-hydrogen) atoms. The number of hydrogen-bond acceptors (Lipinski definition) is 6. The summed E-state index contributed by atoms with van der Waals surface area (Å²) in [7, 11) is 0. The molecule has 0 bridgehead atoms. The number of para-hydroxylation sites is 1. The Hall–Kier alpha value is -4.38. The molecule has 3 aromatic rings. The topological polar surface area (TPSA) is 187 Å². The maximum absolute atomic E-state index is 13.4. The van der Waals surface area contributed by atoms with E-state index in [4.69, 9.17) is 10.8 Å². The number of nitrogens with two attached hydrogens (primary N) is 1. The second-order valence-electron chi connectivity index (χ2n) is 9.44. The molecule has 11 nitrogen and oxygen atoms in total. The number of carboxylic acid groups (broad SMARTS) is 1. The fraction of sp³-hybridized carbons (Fsp3) is 0.333. The Kier molecular flexibility index (Phi) is 9.44.